The smallest absolute Gasteiger partial charge is 0.267 e. The van der Waals surface area contributed by atoms with Crippen molar-refractivity contribution < 1.29 is 9.15 Å². The van der Waals surface area contributed by atoms with Crippen LogP contribution in [0.4, 0.5) is 17.1 Å². The van der Waals surface area contributed by atoms with Crippen LogP contribution in [0, 0.1) is 6.08 Å². The molecule has 0 bridgehead atoms. The van der Waals surface area contributed by atoms with Crippen LogP contribution in [0.25, 0.3) is 23.6 Å². The molecule has 4 aromatic rings. The number of aromatic nitrogens is 1. The van der Waals surface area contributed by atoms with E-state index in [1.54, 1.807) is 0 Å². The van der Waals surface area contributed by atoms with Gasteiger partial charge in [-0.25, -0.2) is 0 Å². The van der Waals surface area contributed by atoms with Crippen LogP contribution in [0.3, 0.4) is 0 Å². The van der Waals surface area contributed by atoms with Crippen molar-refractivity contribution in [2.24, 2.45) is 0 Å². The first kappa shape index (κ1) is 17.2. The average molecular weight is 454 g/mol. The van der Waals surface area contributed by atoms with Gasteiger partial charge in [-0.05, 0) is 42.5 Å². The van der Waals surface area contributed by atoms with Crippen LogP contribution in [-0.2, 0) is 0 Å². The summed E-state index contributed by atoms with van der Waals surface area (Å²) in [6.07, 6.45) is 8.57. The second-order valence-electron chi connectivity index (χ2n) is 6.98. The molecule has 0 unspecified atom stereocenters. The van der Waals surface area contributed by atoms with E-state index >= 15 is 0 Å². The lowest BCUT2D eigenvalue weighted by Gasteiger charge is -2.33. The fourth-order valence-electron chi connectivity index (χ4n) is 3.75. The zero-order chi connectivity index (χ0) is 20.1. The molecular formula is C25H14BrN2O2+. The molecule has 2 heterocycles. The Labute approximate surface area is 181 Å². The zero-order valence-electron chi connectivity index (χ0n) is 15.7. The molecule has 0 atom stereocenters. The minimum Gasteiger partial charge on any atom is -0.453 e. The summed E-state index contributed by atoms with van der Waals surface area (Å²) in [7, 11) is 0. The Morgan fingerprint density at radius 1 is 0.900 bits per heavy atom. The first-order valence-electron chi connectivity index (χ1n) is 9.50. The Morgan fingerprint density at radius 2 is 1.63 bits per heavy atom. The molecule has 2 aliphatic rings. The van der Waals surface area contributed by atoms with Gasteiger partial charge in [-0.1, -0.05) is 40.2 Å². The Balaban J connectivity index is 1.53. The summed E-state index contributed by atoms with van der Waals surface area (Å²) >= 11 is 3.67. The van der Waals surface area contributed by atoms with E-state index in [2.05, 4.69) is 56.2 Å². The summed E-state index contributed by atoms with van der Waals surface area (Å²) in [6.45, 7) is 0. The van der Waals surface area contributed by atoms with Crippen molar-refractivity contribution in [2.75, 3.05) is 4.90 Å². The van der Waals surface area contributed by atoms with E-state index in [0.29, 0.717) is 5.89 Å². The Hall–Kier alpha value is -3.66. The summed E-state index contributed by atoms with van der Waals surface area (Å²) in [6, 6.07) is 22.2. The molecule has 0 saturated carbocycles. The van der Waals surface area contributed by atoms with E-state index in [0.717, 1.165) is 50.1 Å². The monoisotopic (exact) mass is 453 g/mol. The lowest BCUT2D eigenvalue weighted by Crippen LogP contribution is -2.15. The molecule has 5 heteroatoms. The van der Waals surface area contributed by atoms with Gasteiger partial charge in [0.15, 0.2) is 11.5 Å². The van der Waals surface area contributed by atoms with E-state index in [4.69, 9.17) is 9.15 Å². The van der Waals surface area contributed by atoms with Crippen molar-refractivity contribution in [1.29, 1.82) is 0 Å². The number of rotatable bonds is 2. The van der Waals surface area contributed by atoms with Crippen LogP contribution in [0.5, 0.6) is 11.5 Å². The molecule has 0 radical (unpaired) electrons. The first-order valence-corrected chi connectivity index (χ1v) is 10.3. The summed E-state index contributed by atoms with van der Waals surface area (Å²) < 4.78 is 13.1. The SMILES string of the molecule is Brc1cc(-c2nc3c(o2)C=C[C+]=C3)cc(N2c3ccccc3Oc3ccccc32)c1. The van der Waals surface area contributed by atoms with Crippen molar-refractivity contribution in [2.45, 2.75) is 0 Å². The molecule has 142 valence electrons. The number of para-hydroxylation sites is 4. The fraction of sp³-hybridized carbons (Fsp3) is 0. The lowest BCUT2D eigenvalue weighted by molar-refractivity contribution is 0.477. The van der Waals surface area contributed by atoms with Crippen molar-refractivity contribution in [3.8, 4) is 23.0 Å². The van der Waals surface area contributed by atoms with E-state index < -0.39 is 0 Å². The minimum atomic E-state index is 0.571. The van der Waals surface area contributed by atoms with Gasteiger partial charge in [0.05, 0.1) is 17.5 Å². The maximum atomic E-state index is 6.13. The second kappa shape index (κ2) is 6.70. The van der Waals surface area contributed by atoms with Crippen molar-refractivity contribution in [1.82, 2.24) is 4.98 Å². The molecule has 6 rings (SSSR count). The highest BCUT2D eigenvalue weighted by Gasteiger charge is 2.27. The van der Waals surface area contributed by atoms with Gasteiger partial charge in [-0.2, -0.15) is 0 Å². The Kier molecular flexibility index (Phi) is 3.85. The van der Waals surface area contributed by atoms with Crippen molar-refractivity contribution in [3.63, 3.8) is 0 Å². The zero-order valence-corrected chi connectivity index (χ0v) is 17.3. The molecule has 1 aliphatic heterocycles. The third-order valence-corrected chi connectivity index (χ3v) is 5.51. The topological polar surface area (TPSA) is 38.5 Å². The third-order valence-electron chi connectivity index (χ3n) is 5.05. The number of halogens is 1. The van der Waals surface area contributed by atoms with Crippen LogP contribution in [0.2, 0.25) is 0 Å². The van der Waals surface area contributed by atoms with Crippen LogP contribution in [0.1, 0.15) is 11.5 Å². The van der Waals surface area contributed by atoms with Gasteiger partial charge in [-0.3, -0.25) is 0 Å². The van der Waals surface area contributed by atoms with E-state index in [-0.39, 0.29) is 0 Å². The van der Waals surface area contributed by atoms with Crippen LogP contribution in [-0.4, -0.2) is 4.98 Å². The summed E-state index contributed by atoms with van der Waals surface area (Å²) in [5, 5.41) is 0. The minimum absolute atomic E-state index is 0.571. The number of hydrogen-bond donors (Lipinski definition) is 0. The molecule has 0 fully saturated rings. The molecule has 0 saturated heterocycles. The molecule has 0 spiro atoms. The lowest BCUT2D eigenvalue weighted by atomic mass is 10.1. The molecule has 30 heavy (non-hydrogen) atoms. The number of fused-ring (bicyclic) bond motifs is 3. The first-order chi connectivity index (χ1) is 14.8. The largest absolute Gasteiger partial charge is 0.453 e. The second-order valence-corrected chi connectivity index (χ2v) is 7.90. The summed E-state index contributed by atoms with van der Waals surface area (Å²) in [4.78, 5) is 6.83. The summed E-state index contributed by atoms with van der Waals surface area (Å²) in [5.41, 5.74) is 4.62. The number of nitrogens with zero attached hydrogens (tertiary/aromatic N) is 2. The molecule has 0 N–H and O–H groups in total. The van der Waals surface area contributed by atoms with Crippen molar-refractivity contribution in [3.05, 3.63) is 94.8 Å². The maximum absolute atomic E-state index is 6.13. The van der Waals surface area contributed by atoms with Crippen LogP contribution < -0.4 is 9.64 Å². The van der Waals surface area contributed by atoms with Gasteiger partial charge >= 0.3 is 0 Å². The highest BCUT2D eigenvalue weighted by atomic mass is 79.9. The number of benzene rings is 3. The number of oxazole rings is 1. The van der Waals surface area contributed by atoms with Gasteiger partial charge in [0.2, 0.25) is 11.6 Å². The highest BCUT2D eigenvalue weighted by Crippen LogP contribution is 2.50. The quantitative estimate of drug-likeness (QED) is 0.259. The standard InChI is InChI=1S/C25H14BrN2O2/c26-17-13-16(25-27-19-7-1-4-10-22(19)30-25)14-18(15-17)28-20-8-2-5-11-23(20)29-24-12-6-3-9-21(24)28/h2-15H/q+1. The average Bonchev–Trinajstić information content (AvgIpc) is 3.21. The normalized spacial score (nSPS) is 13.2. The Bertz CT molecular complexity index is 1280. The summed E-state index contributed by atoms with van der Waals surface area (Å²) in [5.74, 6) is 2.94. The van der Waals surface area contributed by atoms with Gasteiger partial charge in [-0.15, -0.1) is 4.98 Å². The number of hydrogen-bond acceptors (Lipinski definition) is 4. The molecule has 1 aromatic heterocycles. The van der Waals surface area contributed by atoms with E-state index in [9.17, 15) is 0 Å². The van der Waals surface area contributed by atoms with Crippen LogP contribution in [0.15, 0.2) is 81.7 Å². The van der Waals surface area contributed by atoms with Gasteiger partial charge < -0.3 is 14.1 Å². The molecule has 3 aromatic carbocycles. The molecule has 1 aliphatic carbocycles. The van der Waals surface area contributed by atoms with E-state index in [1.807, 2.05) is 60.7 Å². The third kappa shape index (κ3) is 2.76. The van der Waals surface area contributed by atoms with Gasteiger partial charge in [0.1, 0.15) is 12.2 Å². The number of allylic oxidation sites excluding steroid dienone is 2. The van der Waals surface area contributed by atoms with Crippen LogP contribution >= 0.6 is 15.9 Å². The van der Waals surface area contributed by atoms with Gasteiger partial charge in [0.25, 0.3) is 5.76 Å². The highest BCUT2D eigenvalue weighted by molar-refractivity contribution is 9.10. The molecule has 4 nitrogen and oxygen atoms in total. The predicted octanol–water partition coefficient (Wildman–Crippen LogP) is 7.52. The predicted molar refractivity (Wildman–Crippen MR) is 121 cm³/mol. The van der Waals surface area contributed by atoms with Crippen molar-refractivity contribution >= 4 is 45.1 Å². The van der Waals surface area contributed by atoms with E-state index in [1.165, 1.54) is 0 Å². The molecule has 0 amide bonds. The Morgan fingerprint density at radius 3 is 2.37 bits per heavy atom. The fourth-order valence-corrected chi connectivity index (χ4v) is 4.23. The van der Waals surface area contributed by atoms with Gasteiger partial charge in [0, 0.05) is 21.8 Å². The maximum Gasteiger partial charge on any atom is 0.267 e. The number of anilines is 3. The number of ether oxygens (including phenoxy) is 1. The molecular weight excluding hydrogens is 440 g/mol.